The number of likely N-dealkylation sites (tertiary alicyclic amines) is 1. The summed E-state index contributed by atoms with van der Waals surface area (Å²) in [7, 11) is 1.80. The van der Waals surface area contributed by atoms with Gasteiger partial charge in [-0.05, 0) is 48.4 Å². The van der Waals surface area contributed by atoms with Gasteiger partial charge in [0, 0.05) is 37.5 Å². The third kappa shape index (κ3) is 3.64. The number of hydrogen-bond donors (Lipinski definition) is 2. The fraction of sp³-hybridized carbons (Fsp3) is 0.556. The second kappa shape index (κ2) is 6.84. The first-order chi connectivity index (χ1) is 11.4. The molecule has 0 radical (unpaired) electrons. The minimum atomic E-state index is -1.35. The van der Waals surface area contributed by atoms with Crippen LogP contribution in [-0.2, 0) is 22.4 Å². The van der Waals surface area contributed by atoms with Crippen molar-refractivity contribution in [1.29, 1.82) is 0 Å². The Balaban J connectivity index is 1.59. The van der Waals surface area contributed by atoms with Crippen molar-refractivity contribution < 1.29 is 14.7 Å². The minimum absolute atomic E-state index is 0.122. The molecular weight excluding hydrogens is 372 g/mol. The van der Waals surface area contributed by atoms with Gasteiger partial charge in [0.25, 0.3) is 5.91 Å². The summed E-state index contributed by atoms with van der Waals surface area (Å²) in [6, 6.07) is 5.95. The number of aliphatic hydroxyl groups is 1. The lowest BCUT2D eigenvalue weighted by molar-refractivity contribution is -0.142. The van der Waals surface area contributed by atoms with Crippen LogP contribution in [0.3, 0.4) is 0 Å². The summed E-state index contributed by atoms with van der Waals surface area (Å²) in [6.45, 7) is 1.18. The molecule has 1 aliphatic carbocycles. The first-order valence-corrected chi connectivity index (χ1v) is 9.18. The maximum Gasteiger partial charge on any atom is 0.252 e. The van der Waals surface area contributed by atoms with Crippen molar-refractivity contribution in [3.8, 4) is 0 Å². The summed E-state index contributed by atoms with van der Waals surface area (Å²) in [5, 5.41) is 13.7. The maximum atomic E-state index is 12.5. The predicted molar refractivity (Wildman–Crippen MR) is 94.5 cm³/mol. The van der Waals surface area contributed by atoms with Gasteiger partial charge in [-0.3, -0.25) is 9.59 Å². The first kappa shape index (κ1) is 17.4. The number of carbonyl (C=O) groups excluding carboxylic acids is 2. The normalized spacial score (nSPS) is 26.9. The van der Waals surface area contributed by atoms with E-state index in [2.05, 4.69) is 27.3 Å². The third-order valence-corrected chi connectivity index (χ3v) is 5.69. The summed E-state index contributed by atoms with van der Waals surface area (Å²) in [5.74, 6) is -0.0353. The zero-order valence-corrected chi connectivity index (χ0v) is 15.4. The molecule has 2 N–H and O–H groups in total. The van der Waals surface area contributed by atoms with Gasteiger partial charge in [0.05, 0.1) is 0 Å². The van der Waals surface area contributed by atoms with Crippen LogP contribution < -0.4 is 5.32 Å². The largest absolute Gasteiger partial charge is 0.380 e. The molecule has 1 aromatic rings. The second-order valence-electron chi connectivity index (χ2n) is 7.01. The van der Waals surface area contributed by atoms with Crippen molar-refractivity contribution in [2.45, 2.75) is 37.7 Å². The molecule has 2 amide bonds. The molecular formula is C18H23BrN2O3. The van der Waals surface area contributed by atoms with Gasteiger partial charge in [-0.1, -0.05) is 22.0 Å². The summed E-state index contributed by atoms with van der Waals surface area (Å²) < 4.78 is 1.02. The second-order valence-corrected chi connectivity index (χ2v) is 7.92. The number of benzene rings is 1. The molecule has 2 atom stereocenters. The molecule has 0 aromatic heterocycles. The smallest absolute Gasteiger partial charge is 0.252 e. The van der Waals surface area contributed by atoms with E-state index in [1.54, 1.807) is 11.9 Å². The molecule has 1 aliphatic heterocycles. The molecule has 130 valence electrons. The molecule has 1 saturated heterocycles. The molecule has 0 bridgehead atoms. The van der Waals surface area contributed by atoms with E-state index < -0.39 is 5.60 Å². The topological polar surface area (TPSA) is 69.6 Å². The van der Waals surface area contributed by atoms with E-state index in [9.17, 15) is 14.7 Å². The number of amides is 2. The Bertz CT molecular complexity index is 664. The number of aryl methyl sites for hydroxylation is 1. The van der Waals surface area contributed by atoms with E-state index in [1.807, 2.05) is 12.1 Å². The van der Waals surface area contributed by atoms with Gasteiger partial charge < -0.3 is 15.3 Å². The minimum Gasteiger partial charge on any atom is -0.380 e. The van der Waals surface area contributed by atoms with Crippen molar-refractivity contribution in [1.82, 2.24) is 10.2 Å². The lowest BCUT2D eigenvalue weighted by Gasteiger charge is -2.34. The van der Waals surface area contributed by atoms with E-state index in [0.717, 1.165) is 23.0 Å². The van der Waals surface area contributed by atoms with Crippen LogP contribution in [0.2, 0.25) is 0 Å². The molecule has 1 fully saturated rings. The van der Waals surface area contributed by atoms with Crippen LogP contribution in [0, 0.1) is 5.92 Å². The Labute approximate surface area is 150 Å². The number of nitrogens with zero attached hydrogens (tertiary/aromatic N) is 1. The highest BCUT2D eigenvalue weighted by Crippen LogP contribution is 2.31. The first-order valence-electron chi connectivity index (χ1n) is 8.39. The van der Waals surface area contributed by atoms with Gasteiger partial charge in [-0.2, -0.15) is 0 Å². The highest BCUT2D eigenvalue weighted by molar-refractivity contribution is 9.10. The van der Waals surface area contributed by atoms with Crippen LogP contribution in [-0.4, -0.2) is 47.6 Å². The molecule has 0 saturated carbocycles. The highest BCUT2D eigenvalue weighted by atomic mass is 79.9. The molecule has 1 aromatic carbocycles. The third-order valence-electron chi connectivity index (χ3n) is 5.19. The maximum absolute atomic E-state index is 12.5. The Morgan fingerprint density at radius 2 is 2.25 bits per heavy atom. The fourth-order valence-electron chi connectivity index (χ4n) is 3.52. The summed E-state index contributed by atoms with van der Waals surface area (Å²) in [4.78, 5) is 26.0. The molecule has 6 heteroatoms. The Morgan fingerprint density at radius 1 is 1.46 bits per heavy atom. The average Bonchev–Trinajstić information content (AvgIpc) is 2.56. The lowest BCUT2D eigenvalue weighted by Crippen LogP contribution is -2.52. The van der Waals surface area contributed by atoms with Crippen molar-refractivity contribution in [3.05, 3.63) is 33.8 Å². The van der Waals surface area contributed by atoms with Crippen LogP contribution in [0.25, 0.3) is 0 Å². The van der Waals surface area contributed by atoms with E-state index in [1.165, 1.54) is 5.56 Å². The molecule has 2 aliphatic rings. The Hall–Kier alpha value is -1.40. The monoisotopic (exact) mass is 394 g/mol. The van der Waals surface area contributed by atoms with Crippen molar-refractivity contribution in [2.75, 3.05) is 20.1 Å². The van der Waals surface area contributed by atoms with Crippen molar-refractivity contribution >= 4 is 27.7 Å². The summed E-state index contributed by atoms with van der Waals surface area (Å²) in [5.41, 5.74) is 0.857. The van der Waals surface area contributed by atoms with E-state index in [-0.39, 0.29) is 17.7 Å². The van der Waals surface area contributed by atoms with Crippen molar-refractivity contribution in [2.24, 2.45) is 5.92 Å². The van der Waals surface area contributed by atoms with Gasteiger partial charge in [0.15, 0.2) is 0 Å². The molecule has 2 unspecified atom stereocenters. The molecule has 24 heavy (non-hydrogen) atoms. The van der Waals surface area contributed by atoms with Gasteiger partial charge in [-0.15, -0.1) is 0 Å². The Kier molecular flexibility index (Phi) is 4.97. The molecule has 5 nitrogen and oxygen atoms in total. The van der Waals surface area contributed by atoms with Gasteiger partial charge >= 0.3 is 0 Å². The van der Waals surface area contributed by atoms with Gasteiger partial charge in [0.2, 0.25) is 5.91 Å². The number of rotatable bonds is 3. The Morgan fingerprint density at radius 3 is 3.00 bits per heavy atom. The average molecular weight is 395 g/mol. The molecule has 3 rings (SSSR count). The van der Waals surface area contributed by atoms with Crippen LogP contribution in [0.1, 0.15) is 30.4 Å². The van der Waals surface area contributed by atoms with Gasteiger partial charge in [-0.25, -0.2) is 0 Å². The standard InChI is InChI=1S/C18H23BrN2O3/c1-21-7-5-12(8-16(21)22)11-20-17(23)18(24)6-4-13-9-15(19)3-2-14(13)10-18/h2-3,9,12,24H,4-8,10-11H2,1H3,(H,20,23). The molecule has 1 heterocycles. The van der Waals surface area contributed by atoms with Crippen LogP contribution in [0.15, 0.2) is 22.7 Å². The number of halogens is 1. The SMILES string of the molecule is CN1CCC(CNC(=O)C2(O)CCc3cc(Br)ccc3C2)CC1=O. The lowest BCUT2D eigenvalue weighted by atomic mass is 9.80. The quantitative estimate of drug-likeness (QED) is 0.818. The fourth-order valence-corrected chi connectivity index (χ4v) is 3.93. The molecule has 0 spiro atoms. The van der Waals surface area contributed by atoms with E-state index in [0.29, 0.717) is 32.2 Å². The van der Waals surface area contributed by atoms with E-state index in [4.69, 9.17) is 0 Å². The van der Waals surface area contributed by atoms with E-state index >= 15 is 0 Å². The zero-order chi connectivity index (χ0) is 17.3. The number of nitrogens with one attached hydrogen (secondary N) is 1. The number of carbonyl (C=O) groups is 2. The summed E-state index contributed by atoms with van der Waals surface area (Å²) in [6.07, 6.45) is 2.80. The van der Waals surface area contributed by atoms with Crippen LogP contribution in [0.5, 0.6) is 0 Å². The van der Waals surface area contributed by atoms with Crippen molar-refractivity contribution in [3.63, 3.8) is 0 Å². The van der Waals surface area contributed by atoms with Crippen LogP contribution >= 0.6 is 15.9 Å². The number of piperidine rings is 1. The number of fused-ring (bicyclic) bond motifs is 1. The highest BCUT2D eigenvalue weighted by Gasteiger charge is 2.39. The van der Waals surface area contributed by atoms with Crippen LogP contribution in [0.4, 0.5) is 0 Å². The zero-order valence-electron chi connectivity index (χ0n) is 13.8. The predicted octanol–water partition coefficient (Wildman–Crippen LogP) is 1.65. The number of hydrogen-bond acceptors (Lipinski definition) is 3. The summed E-state index contributed by atoms with van der Waals surface area (Å²) >= 11 is 3.45. The van der Waals surface area contributed by atoms with Gasteiger partial charge in [0.1, 0.15) is 5.60 Å².